The lowest BCUT2D eigenvalue weighted by Crippen LogP contribution is -2.09. The number of rotatable bonds is 5. The first-order chi connectivity index (χ1) is 9.58. The molecule has 0 saturated heterocycles. The molecule has 1 aromatic heterocycles. The Morgan fingerprint density at radius 3 is 2.10 bits per heavy atom. The molecule has 0 spiro atoms. The monoisotopic (exact) mass is 267 g/mol. The van der Waals surface area contributed by atoms with Crippen LogP contribution in [0.5, 0.6) is 0 Å². The van der Waals surface area contributed by atoms with Crippen LogP contribution >= 0.6 is 0 Å². The molecule has 1 heteroatoms. The molecule has 0 aliphatic rings. The zero-order chi connectivity index (χ0) is 14.5. The third-order valence-electron chi connectivity index (χ3n) is 3.83. The van der Waals surface area contributed by atoms with Crippen molar-refractivity contribution in [1.82, 2.24) is 4.98 Å². The van der Waals surface area contributed by atoms with Crippen LogP contribution in [0, 0.1) is 11.8 Å². The number of nitrogens with zero attached hydrogens (tertiary/aromatic N) is 1. The van der Waals surface area contributed by atoms with Crippen molar-refractivity contribution in [2.45, 2.75) is 40.0 Å². The molecule has 0 aliphatic heterocycles. The lowest BCUT2D eigenvalue weighted by Gasteiger charge is -2.23. The lowest BCUT2D eigenvalue weighted by atomic mass is 9.82. The highest BCUT2D eigenvalue weighted by molar-refractivity contribution is 5.59. The Hall–Kier alpha value is -1.63. The van der Waals surface area contributed by atoms with Crippen LogP contribution in [0.1, 0.15) is 45.6 Å². The van der Waals surface area contributed by atoms with Crippen molar-refractivity contribution in [2.75, 3.05) is 0 Å². The fourth-order valence-corrected chi connectivity index (χ4v) is 2.74. The summed E-state index contributed by atoms with van der Waals surface area (Å²) in [4.78, 5) is 4.41. The SMILES string of the molecule is CC(C)CC(c1ccc(-c2ccccn2)cc1)C(C)C. The number of hydrogen-bond donors (Lipinski definition) is 0. The van der Waals surface area contributed by atoms with Crippen molar-refractivity contribution in [1.29, 1.82) is 0 Å². The minimum atomic E-state index is 0.646. The maximum Gasteiger partial charge on any atom is 0.0701 e. The molecule has 1 unspecified atom stereocenters. The van der Waals surface area contributed by atoms with Crippen molar-refractivity contribution in [3.8, 4) is 11.3 Å². The standard InChI is InChI=1S/C19H25N/c1-14(2)13-18(15(3)4)16-8-10-17(11-9-16)19-7-5-6-12-20-19/h5-12,14-15,18H,13H2,1-4H3. The molecule has 20 heavy (non-hydrogen) atoms. The molecule has 1 atom stereocenters. The van der Waals surface area contributed by atoms with E-state index in [4.69, 9.17) is 0 Å². The first-order valence-electron chi connectivity index (χ1n) is 7.59. The molecule has 1 aromatic carbocycles. The van der Waals surface area contributed by atoms with Gasteiger partial charge < -0.3 is 0 Å². The van der Waals surface area contributed by atoms with Gasteiger partial charge in [0.1, 0.15) is 0 Å². The van der Waals surface area contributed by atoms with Gasteiger partial charge in [0.05, 0.1) is 5.69 Å². The fourth-order valence-electron chi connectivity index (χ4n) is 2.74. The van der Waals surface area contributed by atoms with Gasteiger partial charge in [0.15, 0.2) is 0 Å². The van der Waals surface area contributed by atoms with Gasteiger partial charge >= 0.3 is 0 Å². The van der Waals surface area contributed by atoms with Gasteiger partial charge in [0, 0.05) is 11.8 Å². The van der Waals surface area contributed by atoms with Crippen LogP contribution in [0.2, 0.25) is 0 Å². The number of benzene rings is 1. The molecule has 106 valence electrons. The van der Waals surface area contributed by atoms with E-state index in [-0.39, 0.29) is 0 Å². The van der Waals surface area contributed by atoms with Crippen molar-refractivity contribution in [3.05, 3.63) is 54.2 Å². The summed E-state index contributed by atoms with van der Waals surface area (Å²) in [5.74, 6) is 2.06. The Labute approximate surface area is 123 Å². The summed E-state index contributed by atoms with van der Waals surface area (Å²) in [5.41, 5.74) is 3.69. The Morgan fingerprint density at radius 2 is 1.60 bits per heavy atom. The van der Waals surface area contributed by atoms with Crippen molar-refractivity contribution in [2.24, 2.45) is 11.8 Å². The highest BCUT2D eigenvalue weighted by Gasteiger charge is 2.17. The summed E-state index contributed by atoms with van der Waals surface area (Å²) >= 11 is 0. The molecule has 0 amide bonds. The molecule has 2 rings (SSSR count). The van der Waals surface area contributed by atoms with Gasteiger partial charge in [0.25, 0.3) is 0 Å². The van der Waals surface area contributed by atoms with E-state index in [1.165, 1.54) is 17.5 Å². The van der Waals surface area contributed by atoms with E-state index < -0.39 is 0 Å². The van der Waals surface area contributed by atoms with Crippen molar-refractivity contribution < 1.29 is 0 Å². The molecule has 1 heterocycles. The van der Waals surface area contributed by atoms with Gasteiger partial charge in [-0.25, -0.2) is 0 Å². The van der Waals surface area contributed by atoms with Gasteiger partial charge in [0.2, 0.25) is 0 Å². The Kier molecular flexibility index (Phi) is 4.94. The van der Waals surface area contributed by atoms with Crippen molar-refractivity contribution in [3.63, 3.8) is 0 Å². The highest BCUT2D eigenvalue weighted by Crippen LogP contribution is 2.32. The van der Waals surface area contributed by atoms with E-state index in [1.54, 1.807) is 0 Å². The first-order valence-corrected chi connectivity index (χ1v) is 7.59. The molecule has 2 aromatic rings. The zero-order valence-corrected chi connectivity index (χ0v) is 13.0. The lowest BCUT2D eigenvalue weighted by molar-refractivity contribution is 0.408. The van der Waals surface area contributed by atoms with E-state index >= 15 is 0 Å². The quantitative estimate of drug-likeness (QED) is 0.693. The summed E-state index contributed by atoms with van der Waals surface area (Å²) in [6.45, 7) is 9.24. The summed E-state index contributed by atoms with van der Waals surface area (Å²) in [7, 11) is 0. The molecular formula is C19H25N. The normalized spacial score (nSPS) is 12.9. The van der Waals surface area contributed by atoms with E-state index in [0.717, 1.165) is 11.6 Å². The van der Waals surface area contributed by atoms with Crippen LogP contribution in [0.15, 0.2) is 48.7 Å². The van der Waals surface area contributed by atoms with Crippen LogP contribution in [-0.2, 0) is 0 Å². The van der Waals surface area contributed by atoms with Crippen LogP contribution in [0.3, 0.4) is 0 Å². The predicted octanol–water partition coefficient (Wildman–Crippen LogP) is 5.53. The largest absolute Gasteiger partial charge is 0.256 e. The maximum atomic E-state index is 4.41. The van der Waals surface area contributed by atoms with Gasteiger partial charge in [-0.15, -0.1) is 0 Å². The average Bonchev–Trinajstić information content (AvgIpc) is 2.45. The highest BCUT2D eigenvalue weighted by atomic mass is 14.7. The smallest absolute Gasteiger partial charge is 0.0701 e. The first kappa shape index (κ1) is 14.8. The van der Waals surface area contributed by atoms with Gasteiger partial charge in [-0.1, -0.05) is 58.0 Å². The molecule has 0 N–H and O–H groups in total. The molecule has 0 aliphatic carbocycles. The fraction of sp³-hybridized carbons (Fsp3) is 0.421. The van der Waals surface area contributed by atoms with Gasteiger partial charge in [-0.3, -0.25) is 4.98 Å². The minimum Gasteiger partial charge on any atom is -0.256 e. The maximum absolute atomic E-state index is 4.41. The molecule has 0 fully saturated rings. The second-order valence-electron chi connectivity index (χ2n) is 6.32. The van der Waals surface area contributed by atoms with E-state index in [9.17, 15) is 0 Å². The Balaban J connectivity index is 2.22. The minimum absolute atomic E-state index is 0.646. The van der Waals surface area contributed by atoms with E-state index in [0.29, 0.717) is 11.8 Å². The summed E-state index contributed by atoms with van der Waals surface area (Å²) in [6, 6.07) is 15.0. The van der Waals surface area contributed by atoms with Crippen molar-refractivity contribution >= 4 is 0 Å². The third-order valence-corrected chi connectivity index (χ3v) is 3.83. The topological polar surface area (TPSA) is 12.9 Å². The van der Waals surface area contributed by atoms with Crippen LogP contribution < -0.4 is 0 Å². The molecule has 0 radical (unpaired) electrons. The number of hydrogen-bond acceptors (Lipinski definition) is 1. The summed E-state index contributed by atoms with van der Waals surface area (Å²) in [5, 5.41) is 0. The Bertz CT molecular complexity index is 511. The number of aromatic nitrogens is 1. The van der Waals surface area contributed by atoms with Gasteiger partial charge in [-0.05, 0) is 41.9 Å². The third kappa shape index (κ3) is 3.69. The Morgan fingerprint density at radius 1 is 0.900 bits per heavy atom. The zero-order valence-electron chi connectivity index (χ0n) is 13.0. The summed E-state index contributed by atoms with van der Waals surface area (Å²) < 4.78 is 0. The van der Waals surface area contributed by atoms with Crippen LogP contribution in [0.25, 0.3) is 11.3 Å². The second kappa shape index (κ2) is 6.69. The molecule has 0 bridgehead atoms. The predicted molar refractivity (Wildman–Crippen MR) is 86.7 cm³/mol. The number of pyridine rings is 1. The molecule has 1 nitrogen and oxygen atoms in total. The van der Waals surface area contributed by atoms with E-state index in [1.807, 2.05) is 18.3 Å². The summed E-state index contributed by atoms with van der Waals surface area (Å²) in [6.07, 6.45) is 3.10. The van der Waals surface area contributed by atoms with Crippen LogP contribution in [0.4, 0.5) is 0 Å². The molecule has 0 saturated carbocycles. The second-order valence-corrected chi connectivity index (χ2v) is 6.32. The molecular weight excluding hydrogens is 242 g/mol. The van der Waals surface area contributed by atoms with Crippen LogP contribution in [-0.4, -0.2) is 4.98 Å². The van der Waals surface area contributed by atoms with Gasteiger partial charge in [-0.2, -0.15) is 0 Å². The average molecular weight is 267 g/mol. The van der Waals surface area contributed by atoms with E-state index in [2.05, 4.69) is 63.0 Å².